The predicted octanol–water partition coefficient (Wildman–Crippen LogP) is 6.93. The smallest absolute Gasteiger partial charge is 0.315 e. The molecular formula is C37H47Cl2N8O5PS2. The number of Topliss-reactive ketones (excluding diaryl/α,β-unsaturated/α-hetero) is 1. The molecule has 0 radical (unpaired) electrons. The second-order valence-electron chi connectivity index (χ2n) is 13.4. The van der Waals surface area contributed by atoms with E-state index in [0.29, 0.717) is 48.3 Å². The van der Waals surface area contributed by atoms with E-state index in [1.807, 2.05) is 54.4 Å². The van der Waals surface area contributed by atoms with E-state index in [0.717, 1.165) is 67.5 Å². The molecule has 3 unspecified atom stereocenters. The van der Waals surface area contributed by atoms with Gasteiger partial charge in [0.15, 0.2) is 0 Å². The van der Waals surface area contributed by atoms with Crippen LogP contribution in [0.1, 0.15) is 68.2 Å². The van der Waals surface area contributed by atoms with Gasteiger partial charge in [0.1, 0.15) is 36.4 Å². The second kappa shape index (κ2) is 21.6. The van der Waals surface area contributed by atoms with E-state index in [1.165, 1.54) is 17.3 Å². The average molecular weight is 850 g/mol. The maximum atomic E-state index is 12.5. The summed E-state index contributed by atoms with van der Waals surface area (Å²) in [6.07, 6.45) is 14.7. The molecule has 13 nitrogen and oxygen atoms in total. The Morgan fingerprint density at radius 3 is 2.42 bits per heavy atom. The number of carbonyl (C=O) groups is 3. The molecule has 296 valence electrons. The quantitative estimate of drug-likeness (QED) is 0.0229. The predicted molar refractivity (Wildman–Crippen MR) is 223 cm³/mol. The number of fused-ring (bicyclic) bond motifs is 1. The van der Waals surface area contributed by atoms with Crippen molar-refractivity contribution in [2.45, 2.75) is 88.1 Å². The number of rotatable bonds is 23. The summed E-state index contributed by atoms with van der Waals surface area (Å²) in [6, 6.07) is 15.3. The first kappa shape index (κ1) is 42.5. The lowest BCUT2D eigenvalue weighted by Gasteiger charge is -2.16. The van der Waals surface area contributed by atoms with Gasteiger partial charge in [-0.25, -0.2) is 14.3 Å². The molecule has 2 aromatic carbocycles. The van der Waals surface area contributed by atoms with Crippen molar-refractivity contribution in [1.82, 2.24) is 35.7 Å². The number of aryl methyl sites for hydroxylation is 1. The summed E-state index contributed by atoms with van der Waals surface area (Å²) >= 11 is 18.8. The highest BCUT2D eigenvalue weighted by Crippen LogP contribution is 2.59. The van der Waals surface area contributed by atoms with Crippen molar-refractivity contribution in [3.8, 4) is 11.5 Å². The van der Waals surface area contributed by atoms with Crippen LogP contribution in [0.3, 0.4) is 0 Å². The van der Waals surface area contributed by atoms with Crippen LogP contribution in [-0.2, 0) is 40.8 Å². The summed E-state index contributed by atoms with van der Waals surface area (Å²) in [6.45, 7) is 0.590. The summed E-state index contributed by atoms with van der Waals surface area (Å²) in [7, 11) is 1.63. The molecule has 1 aromatic heterocycles. The van der Waals surface area contributed by atoms with Crippen LogP contribution in [0.25, 0.3) is 0 Å². The van der Waals surface area contributed by atoms with Crippen LogP contribution in [-0.4, -0.2) is 80.4 Å². The molecular weight excluding hydrogens is 802 g/mol. The van der Waals surface area contributed by atoms with Crippen molar-refractivity contribution in [3.63, 3.8) is 0 Å². The number of amides is 3. The minimum absolute atomic E-state index is 0.0557. The zero-order valence-electron chi connectivity index (χ0n) is 30.6. The van der Waals surface area contributed by atoms with Gasteiger partial charge in [-0.3, -0.25) is 9.59 Å². The lowest BCUT2D eigenvalue weighted by molar-refractivity contribution is -0.122. The molecule has 3 heterocycles. The van der Waals surface area contributed by atoms with Gasteiger partial charge in [0, 0.05) is 43.6 Å². The van der Waals surface area contributed by atoms with Crippen molar-refractivity contribution < 1.29 is 23.9 Å². The number of ether oxygens (including phenoxy) is 2. The third kappa shape index (κ3) is 14.8. The number of hydrogen-bond donors (Lipinski definition) is 3. The van der Waals surface area contributed by atoms with Crippen molar-refractivity contribution in [2.24, 2.45) is 5.10 Å². The van der Waals surface area contributed by atoms with Crippen LogP contribution in [0.2, 0.25) is 0 Å². The first-order valence-electron chi connectivity index (χ1n) is 18.3. The zero-order chi connectivity index (χ0) is 39.0. The maximum Gasteiger partial charge on any atom is 0.315 e. The molecule has 3 amide bonds. The number of urea groups is 1. The molecule has 2 fully saturated rings. The van der Waals surface area contributed by atoms with Crippen LogP contribution in [0.4, 0.5) is 4.79 Å². The van der Waals surface area contributed by atoms with Crippen molar-refractivity contribution in [1.29, 1.82) is 0 Å². The van der Waals surface area contributed by atoms with Gasteiger partial charge in [-0.2, -0.15) is 16.9 Å². The molecule has 2 aliphatic rings. The number of nitrogens with one attached hydrogen (secondary N) is 3. The average Bonchev–Trinajstić information content (AvgIpc) is 3.87. The fourth-order valence-electron chi connectivity index (χ4n) is 6.11. The summed E-state index contributed by atoms with van der Waals surface area (Å²) in [5, 5.41) is 21.8. The number of unbranched alkanes of at least 4 members (excludes halogenated alkanes) is 3. The van der Waals surface area contributed by atoms with Gasteiger partial charge in [-0.05, 0) is 120 Å². The van der Waals surface area contributed by atoms with Crippen LogP contribution >= 0.6 is 39.1 Å². The Labute approximate surface area is 341 Å². The zero-order valence-corrected chi connectivity index (χ0v) is 34.7. The van der Waals surface area contributed by atoms with E-state index in [2.05, 4.69) is 31.4 Å². The number of hydrogen-bond acceptors (Lipinski definition) is 10. The molecule has 3 atom stereocenters. The SMILES string of the molecule is CN(/N=C/c1ccc(OC=COc2ccc(CCNC(=O)Cn3cc(CCCCCC(=O)CCCCC4SCC5NC(=O)NC54)nn3)cc2)cc1)P(=S)(Cl)Cl. The van der Waals surface area contributed by atoms with Crippen molar-refractivity contribution >= 4 is 74.9 Å². The fourth-order valence-corrected chi connectivity index (χ4v) is 8.19. The van der Waals surface area contributed by atoms with Crippen molar-refractivity contribution in [3.05, 3.63) is 84.1 Å². The van der Waals surface area contributed by atoms with E-state index >= 15 is 0 Å². The number of carbonyl (C=O) groups excluding carboxylic acids is 3. The van der Waals surface area contributed by atoms with Gasteiger partial charge in [0.2, 0.25) is 10.8 Å². The normalized spacial score (nSPS) is 17.9. The van der Waals surface area contributed by atoms with Crippen LogP contribution < -0.4 is 25.4 Å². The number of hydrazone groups is 1. The monoisotopic (exact) mass is 848 g/mol. The Balaban J connectivity index is 0.872. The summed E-state index contributed by atoms with van der Waals surface area (Å²) in [4.78, 5) is 33.7. The molecule has 0 saturated carbocycles. The lowest BCUT2D eigenvalue weighted by Crippen LogP contribution is -2.36. The molecule has 3 aromatic rings. The first-order valence-corrected chi connectivity index (χ1v) is 23.9. The van der Waals surface area contributed by atoms with Gasteiger partial charge in [0.05, 0.1) is 24.0 Å². The molecule has 2 aliphatic heterocycles. The molecule has 2 saturated heterocycles. The highest BCUT2D eigenvalue weighted by atomic mass is 35.9. The third-order valence-corrected chi connectivity index (χ3v) is 13.4. The molecule has 0 bridgehead atoms. The van der Waals surface area contributed by atoms with Crippen molar-refractivity contribution in [2.75, 3.05) is 19.3 Å². The lowest BCUT2D eigenvalue weighted by atomic mass is 10.0. The Kier molecular flexibility index (Phi) is 16.7. The van der Waals surface area contributed by atoms with Gasteiger partial charge in [-0.15, -0.1) is 5.10 Å². The topological polar surface area (TPSA) is 152 Å². The van der Waals surface area contributed by atoms with Gasteiger partial charge in [-0.1, -0.05) is 30.2 Å². The van der Waals surface area contributed by atoms with E-state index in [-0.39, 0.29) is 30.6 Å². The number of nitrogens with zero attached hydrogens (tertiary/aromatic N) is 5. The number of benzene rings is 2. The standard InChI is InChI=1S/C37H47Cl2N8O5PS2/c1-46(53(38,39)54)41-23-28-13-17-32(18-14-28)52-22-21-51-31-15-11-27(12-16-31)19-20-40-35(49)25-47-24-29(44-45-47)7-3-2-4-8-30(48)9-5-6-10-34-36-33(26-55-34)42-37(50)43-36/h11-18,21-24,33-34,36H,2-10,19-20,25-26H2,1H3,(H,40,49)(H2,42,43,50)/b22-21?,41-23+. The molecule has 0 aliphatic carbocycles. The van der Waals surface area contributed by atoms with Crippen LogP contribution in [0, 0.1) is 0 Å². The Hall–Kier alpha value is -3.62. The Bertz CT molecular complexity index is 1830. The number of aromatic nitrogens is 3. The summed E-state index contributed by atoms with van der Waals surface area (Å²) < 4.78 is 14.1. The minimum atomic E-state index is -2.65. The van der Waals surface area contributed by atoms with Gasteiger partial charge in [0.25, 0.3) is 0 Å². The molecule has 18 heteroatoms. The second-order valence-corrected chi connectivity index (χ2v) is 22.3. The summed E-state index contributed by atoms with van der Waals surface area (Å²) in [5.41, 5.74) is 2.73. The van der Waals surface area contributed by atoms with E-state index in [1.54, 1.807) is 30.1 Å². The largest absolute Gasteiger partial charge is 0.462 e. The Morgan fingerprint density at radius 2 is 1.71 bits per heavy atom. The first-order chi connectivity index (χ1) is 26.5. The number of ketones is 1. The van der Waals surface area contributed by atoms with Crippen LogP contribution in [0.15, 0.2) is 72.4 Å². The Morgan fingerprint density at radius 1 is 1.02 bits per heavy atom. The number of thioether (sulfide) groups is 1. The summed E-state index contributed by atoms with van der Waals surface area (Å²) in [5.74, 6) is 2.43. The molecule has 3 N–H and O–H groups in total. The van der Waals surface area contributed by atoms with Crippen LogP contribution in [0.5, 0.6) is 11.5 Å². The number of halogens is 2. The molecule has 55 heavy (non-hydrogen) atoms. The van der Waals surface area contributed by atoms with E-state index in [9.17, 15) is 14.4 Å². The van der Waals surface area contributed by atoms with E-state index < -0.39 is 4.89 Å². The third-order valence-electron chi connectivity index (χ3n) is 9.13. The minimum Gasteiger partial charge on any atom is -0.462 e. The molecule has 5 rings (SSSR count). The molecule has 0 spiro atoms. The highest BCUT2D eigenvalue weighted by Gasteiger charge is 2.42. The maximum absolute atomic E-state index is 12.5. The fraction of sp³-hybridized carbons (Fsp3) is 0.459. The van der Waals surface area contributed by atoms with Gasteiger partial charge >= 0.3 is 6.03 Å². The van der Waals surface area contributed by atoms with E-state index in [4.69, 9.17) is 43.8 Å². The highest BCUT2D eigenvalue weighted by molar-refractivity contribution is 8.37. The van der Waals surface area contributed by atoms with Gasteiger partial charge < -0.3 is 25.4 Å².